The topological polar surface area (TPSA) is 70.2 Å². The second-order valence-corrected chi connectivity index (χ2v) is 5.00. The van der Waals surface area contributed by atoms with Gasteiger partial charge in [0.25, 0.3) is 5.91 Å². The van der Waals surface area contributed by atoms with Crippen molar-refractivity contribution in [1.29, 1.82) is 0 Å². The third-order valence-corrected chi connectivity index (χ3v) is 3.54. The van der Waals surface area contributed by atoms with E-state index in [-0.39, 0.29) is 17.9 Å². The van der Waals surface area contributed by atoms with Crippen molar-refractivity contribution in [2.45, 2.75) is 31.8 Å². The molecule has 1 aliphatic heterocycles. The molecule has 1 aromatic carbocycles. The summed E-state index contributed by atoms with van der Waals surface area (Å²) in [6.45, 7) is 1.41. The maximum atomic E-state index is 12.0. The zero-order valence-corrected chi connectivity index (χ0v) is 11.7. The lowest BCUT2D eigenvalue weighted by atomic mass is 10.0. The summed E-state index contributed by atoms with van der Waals surface area (Å²) in [6, 6.07) is 7.19. The molecular formula is C15H21N3O2. The van der Waals surface area contributed by atoms with Crippen molar-refractivity contribution in [2.75, 3.05) is 13.6 Å². The Balaban J connectivity index is 1.84. The first kappa shape index (κ1) is 14.5. The van der Waals surface area contributed by atoms with Crippen molar-refractivity contribution in [3.05, 3.63) is 35.4 Å². The summed E-state index contributed by atoms with van der Waals surface area (Å²) in [7, 11) is 1.60. The molecule has 0 bridgehead atoms. The van der Waals surface area contributed by atoms with Crippen LogP contribution in [0.3, 0.4) is 0 Å². The number of benzene rings is 1. The fourth-order valence-corrected chi connectivity index (χ4v) is 2.31. The Labute approximate surface area is 119 Å². The van der Waals surface area contributed by atoms with E-state index in [0.717, 1.165) is 31.4 Å². The predicted octanol–water partition coefficient (Wildman–Crippen LogP) is 0.804. The third kappa shape index (κ3) is 3.81. The van der Waals surface area contributed by atoms with Gasteiger partial charge in [0.2, 0.25) is 5.91 Å². The summed E-state index contributed by atoms with van der Waals surface area (Å²) < 4.78 is 0. The molecule has 3 N–H and O–H groups in total. The number of carbonyl (C=O) groups is 2. The number of nitrogens with one attached hydrogen (secondary N) is 3. The van der Waals surface area contributed by atoms with Crippen LogP contribution in [0.5, 0.6) is 0 Å². The van der Waals surface area contributed by atoms with E-state index in [1.54, 1.807) is 19.2 Å². The normalized spacial score (nSPS) is 18.4. The lowest BCUT2D eigenvalue weighted by Gasteiger charge is -2.22. The van der Waals surface area contributed by atoms with Gasteiger partial charge in [0, 0.05) is 19.2 Å². The Morgan fingerprint density at radius 1 is 1.25 bits per heavy atom. The number of hydrogen-bond donors (Lipinski definition) is 3. The van der Waals surface area contributed by atoms with Crippen LogP contribution in [-0.4, -0.2) is 31.4 Å². The average Bonchev–Trinajstić information content (AvgIpc) is 2.53. The van der Waals surface area contributed by atoms with Crippen LogP contribution in [0.15, 0.2) is 24.3 Å². The van der Waals surface area contributed by atoms with Crippen molar-refractivity contribution in [3.63, 3.8) is 0 Å². The highest BCUT2D eigenvalue weighted by Gasteiger charge is 2.19. The van der Waals surface area contributed by atoms with E-state index >= 15 is 0 Å². The second kappa shape index (κ2) is 7.05. The average molecular weight is 275 g/mol. The van der Waals surface area contributed by atoms with E-state index in [4.69, 9.17) is 0 Å². The van der Waals surface area contributed by atoms with Gasteiger partial charge in [0.1, 0.15) is 0 Å². The molecule has 0 spiro atoms. The highest BCUT2D eigenvalue weighted by Crippen LogP contribution is 2.08. The SMILES string of the molecule is CNC(=O)c1ccc(CNC(=O)[C@@H]2CCCCN2)cc1. The summed E-state index contributed by atoms with van der Waals surface area (Å²) >= 11 is 0. The number of piperidine rings is 1. The summed E-state index contributed by atoms with van der Waals surface area (Å²) in [5, 5.41) is 8.73. The monoisotopic (exact) mass is 275 g/mol. The van der Waals surface area contributed by atoms with Crippen LogP contribution in [0.4, 0.5) is 0 Å². The van der Waals surface area contributed by atoms with Gasteiger partial charge >= 0.3 is 0 Å². The Bertz CT molecular complexity index is 465. The number of hydrogen-bond acceptors (Lipinski definition) is 3. The van der Waals surface area contributed by atoms with Crippen molar-refractivity contribution in [3.8, 4) is 0 Å². The van der Waals surface area contributed by atoms with Crippen molar-refractivity contribution in [2.24, 2.45) is 0 Å². The molecule has 2 amide bonds. The van der Waals surface area contributed by atoms with Gasteiger partial charge < -0.3 is 16.0 Å². The van der Waals surface area contributed by atoms with Crippen LogP contribution in [0, 0.1) is 0 Å². The first-order valence-corrected chi connectivity index (χ1v) is 7.03. The Morgan fingerprint density at radius 3 is 2.60 bits per heavy atom. The van der Waals surface area contributed by atoms with Crippen molar-refractivity contribution in [1.82, 2.24) is 16.0 Å². The minimum atomic E-state index is -0.105. The highest BCUT2D eigenvalue weighted by molar-refractivity contribution is 5.93. The van der Waals surface area contributed by atoms with Crippen LogP contribution in [0.1, 0.15) is 35.2 Å². The fourth-order valence-electron chi connectivity index (χ4n) is 2.31. The molecule has 1 aliphatic rings. The zero-order valence-electron chi connectivity index (χ0n) is 11.7. The summed E-state index contributed by atoms with van der Waals surface area (Å²) in [5.41, 5.74) is 1.61. The van der Waals surface area contributed by atoms with Crippen LogP contribution in [-0.2, 0) is 11.3 Å². The molecule has 108 valence electrons. The van der Waals surface area contributed by atoms with E-state index in [9.17, 15) is 9.59 Å². The van der Waals surface area contributed by atoms with E-state index in [1.165, 1.54) is 0 Å². The Kier molecular flexibility index (Phi) is 5.12. The van der Waals surface area contributed by atoms with Gasteiger partial charge in [-0.1, -0.05) is 18.6 Å². The minimum Gasteiger partial charge on any atom is -0.355 e. The molecule has 1 saturated heterocycles. The number of amides is 2. The quantitative estimate of drug-likeness (QED) is 0.761. The molecule has 5 nitrogen and oxygen atoms in total. The van der Waals surface area contributed by atoms with Gasteiger partial charge in [0.05, 0.1) is 6.04 Å². The second-order valence-electron chi connectivity index (χ2n) is 5.00. The fraction of sp³-hybridized carbons (Fsp3) is 0.467. The first-order valence-electron chi connectivity index (χ1n) is 7.03. The number of carbonyl (C=O) groups excluding carboxylic acids is 2. The van der Waals surface area contributed by atoms with Crippen LogP contribution < -0.4 is 16.0 Å². The molecule has 0 aromatic heterocycles. The minimum absolute atomic E-state index is 0.0556. The summed E-state index contributed by atoms with van der Waals surface area (Å²) in [4.78, 5) is 23.4. The molecule has 0 aliphatic carbocycles. The Morgan fingerprint density at radius 2 is 2.00 bits per heavy atom. The predicted molar refractivity (Wildman–Crippen MR) is 77.3 cm³/mol. The van der Waals surface area contributed by atoms with Crippen molar-refractivity contribution < 1.29 is 9.59 Å². The maximum Gasteiger partial charge on any atom is 0.251 e. The lowest BCUT2D eigenvalue weighted by molar-refractivity contribution is -0.123. The maximum absolute atomic E-state index is 12.0. The van der Waals surface area contributed by atoms with Crippen molar-refractivity contribution >= 4 is 11.8 Å². The highest BCUT2D eigenvalue weighted by atomic mass is 16.2. The third-order valence-electron chi connectivity index (χ3n) is 3.54. The Hall–Kier alpha value is -1.88. The number of rotatable bonds is 4. The van der Waals surface area contributed by atoms with E-state index < -0.39 is 0 Å². The van der Waals surface area contributed by atoms with Crippen LogP contribution in [0.2, 0.25) is 0 Å². The molecule has 0 unspecified atom stereocenters. The molecule has 0 radical (unpaired) electrons. The van der Waals surface area contributed by atoms with Gasteiger partial charge in [-0.3, -0.25) is 9.59 Å². The largest absolute Gasteiger partial charge is 0.355 e. The van der Waals surface area contributed by atoms with Gasteiger partial charge in [-0.15, -0.1) is 0 Å². The van der Waals surface area contributed by atoms with Gasteiger partial charge in [-0.05, 0) is 37.1 Å². The molecule has 5 heteroatoms. The first-order chi connectivity index (χ1) is 9.70. The standard InChI is InChI=1S/C15H21N3O2/c1-16-14(19)12-7-5-11(6-8-12)10-18-15(20)13-4-2-3-9-17-13/h5-8,13,17H,2-4,9-10H2,1H3,(H,16,19)(H,18,20)/t13-/m0/s1. The lowest BCUT2D eigenvalue weighted by Crippen LogP contribution is -2.46. The molecule has 1 fully saturated rings. The van der Waals surface area contributed by atoms with Crippen LogP contribution >= 0.6 is 0 Å². The molecule has 0 saturated carbocycles. The smallest absolute Gasteiger partial charge is 0.251 e. The molecule has 1 atom stereocenters. The van der Waals surface area contributed by atoms with E-state index in [2.05, 4.69) is 16.0 Å². The molecule has 20 heavy (non-hydrogen) atoms. The molecule has 2 rings (SSSR count). The molecule has 1 aromatic rings. The summed E-state index contributed by atoms with van der Waals surface area (Å²) in [6.07, 6.45) is 3.15. The van der Waals surface area contributed by atoms with Crippen LogP contribution in [0.25, 0.3) is 0 Å². The summed E-state index contributed by atoms with van der Waals surface area (Å²) in [5.74, 6) is -0.0490. The molecular weight excluding hydrogens is 254 g/mol. The molecule has 1 heterocycles. The van der Waals surface area contributed by atoms with Gasteiger partial charge in [-0.2, -0.15) is 0 Å². The van der Waals surface area contributed by atoms with Gasteiger partial charge in [0.15, 0.2) is 0 Å². The zero-order chi connectivity index (χ0) is 14.4. The van der Waals surface area contributed by atoms with Gasteiger partial charge in [-0.25, -0.2) is 0 Å². The van der Waals surface area contributed by atoms with E-state index in [0.29, 0.717) is 12.1 Å². The van der Waals surface area contributed by atoms with E-state index in [1.807, 2.05) is 12.1 Å².